The molecule has 0 atom stereocenters. The highest BCUT2D eigenvalue weighted by atomic mass is 16.5. The molecule has 0 unspecified atom stereocenters. The summed E-state index contributed by atoms with van der Waals surface area (Å²) in [6.07, 6.45) is 0.145. The minimum absolute atomic E-state index is 0.0213. The minimum Gasteiger partial charge on any atom is -0.465 e. The Hall–Kier alpha value is -3.85. The molecule has 29 heavy (non-hydrogen) atoms. The molecular weight excluding hydrogens is 368 g/mol. The zero-order valence-corrected chi connectivity index (χ0v) is 16.1. The number of aryl methyl sites for hydroxylation is 1. The van der Waals surface area contributed by atoms with Crippen LogP contribution in [0.4, 0.5) is 5.88 Å². The summed E-state index contributed by atoms with van der Waals surface area (Å²) < 4.78 is 10.2. The number of furan rings is 1. The average Bonchev–Trinajstić information content (AvgIpc) is 3.07. The van der Waals surface area contributed by atoms with E-state index in [0.29, 0.717) is 0 Å². The SMILES string of the molecule is COC(=O)c1c(C)oc(NC(=O)CC(c2ccccc2)c2ccccc2)c1C#N. The number of nitrogens with zero attached hydrogens (tertiary/aromatic N) is 1. The van der Waals surface area contributed by atoms with Gasteiger partial charge in [0.15, 0.2) is 0 Å². The summed E-state index contributed by atoms with van der Waals surface area (Å²) in [4.78, 5) is 24.7. The number of anilines is 1. The van der Waals surface area contributed by atoms with Crippen molar-refractivity contribution in [2.24, 2.45) is 0 Å². The lowest BCUT2D eigenvalue weighted by Crippen LogP contribution is -2.17. The Morgan fingerprint density at radius 3 is 2.10 bits per heavy atom. The van der Waals surface area contributed by atoms with Gasteiger partial charge in [-0.1, -0.05) is 60.7 Å². The van der Waals surface area contributed by atoms with Gasteiger partial charge in [0.1, 0.15) is 23.0 Å². The molecule has 3 aromatic rings. The second kappa shape index (κ2) is 8.89. The fourth-order valence-corrected chi connectivity index (χ4v) is 3.25. The van der Waals surface area contributed by atoms with Crippen LogP contribution in [0, 0.1) is 18.3 Å². The summed E-state index contributed by atoms with van der Waals surface area (Å²) in [7, 11) is 1.22. The Morgan fingerprint density at radius 1 is 1.07 bits per heavy atom. The highest BCUT2D eigenvalue weighted by Gasteiger charge is 2.26. The van der Waals surface area contributed by atoms with Gasteiger partial charge in [-0.2, -0.15) is 5.26 Å². The first-order chi connectivity index (χ1) is 14.0. The highest BCUT2D eigenvalue weighted by Crippen LogP contribution is 2.30. The molecule has 0 spiro atoms. The number of hydrogen-bond donors (Lipinski definition) is 1. The maximum atomic E-state index is 12.8. The number of nitrogens with one attached hydrogen (secondary N) is 1. The quantitative estimate of drug-likeness (QED) is 0.632. The van der Waals surface area contributed by atoms with E-state index in [9.17, 15) is 14.9 Å². The predicted octanol–water partition coefficient (Wildman–Crippen LogP) is 4.41. The molecule has 0 fully saturated rings. The van der Waals surface area contributed by atoms with Gasteiger partial charge < -0.3 is 9.15 Å². The summed E-state index contributed by atoms with van der Waals surface area (Å²) in [5.41, 5.74) is 1.98. The third-order valence-electron chi connectivity index (χ3n) is 4.63. The van der Waals surface area contributed by atoms with E-state index in [2.05, 4.69) is 5.32 Å². The van der Waals surface area contributed by atoms with Crippen molar-refractivity contribution in [1.82, 2.24) is 0 Å². The number of carbonyl (C=O) groups excluding carboxylic acids is 2. The first-order valence-electron chi connectivity index (χ1n) is 9.06. The summed E-state index contributed by atoms with van der Waals surface area (Å²) >= 11 is 0. The topological polar surface area (TPSA) is 92.3 Å². The van der Waals surface area contributed by atoms with Crippen LogP contribution in [0.15, 0.2) is 65.1 Å². The molecule has 1 aromatic heterocycles. The first-order valence-corrected chi connectivity index (χ1v) is 9.06. The van der Waals surface area contributed by atoms with Crippen molar-refractivity contribution in [2.45, 2.75) is 19.3 Å². The number of nitriles is 1. The second-order valence-corrected chi connectivity index (χ2v) is 6.47. The molecule has 0 saturated carbocycles. The van der Waals surface area contributed by atoms with Crippen LogP contribution in [0.3, 0.4) is 0 Å². The largest absolute Gasteiger partial charge is 0.465 e. The highest BCUT2D eigenvalue weighted by molar-refractivity contribution is 5.98. The Kier molecular flexibility index (Phi) is 6.10. The molecule has 1 N–H and O–H groups in total. The number of rotatable bonds is 6. The van der Waals surface area contributed by atoms with Crippen LogP contribution >= 0.6 is 0 Å². The molecule has 6 nitrogen and oxygen atoms in total. The molecule has 0 saturated heterocycles. The molecule has 0 aliphatic rings. The van der Waals surface area contributed by atoms with Crippen LogP contribution in [0.2, 0.25) is 0 Å². The summed E-state index contributed by atoms with van der Waals surface area (Å²) in [6.45, 7) is 1.54. The minimum atomic E-state index is -0.685. The van der Waals surface area contributed by atoms with Gasteiger partial charge in [-0.3, -0.25) is 10.1 Å². The van der Waals surface area contributed by atoms with E-state index >= 15 is 0 Å². The number of benzene rings is 2. The fraction of sp³-hybridized carbons (Fsp3) is 0.174. The average molecular weight is 388 g/mol. The van der Waals surface area contributed by atoms with E-state index < -0.39 is 5.97 Å². The van der Waals surface area contributed by atoms with E-state index in [0.717, 1.165) is 11.1 Å². The van der Waals surface area contributed by atoms with Gasteiger partial charge in [0.2, 0.25) is 11.8 Å². The van der Waals surface area contributed by atoms with Gasteiger partial charge >= 0.3 is 5.97 Å². The molecule has 3 rings (SSSR count). The third-order valence-corrected chi connectivity index (χ3v) is 4.63. The van der Waals surface area contributed by atoms with Gasteiger partial charge in [0.25, 0.3) is 0 Å². The zero-order valence-electron chi connectivity index (χ0n) is 16.1. The van der Waals surface area contributed by atoms with Crippen molar-refractivity contribution >= 4 is 17.8 Å². The smallest absolute Gasteiger partial charge is 0.342 e. The molecular formula is C23H20N2O4. The van der Waals surface area contributed by atoms with E-state index in [-0.39, 0.29) is 41.0 Å². The molecule has 0 radical (unpaired) electrons. The number of ether oxygens (including phenoxy) is 1. The van der Waals surface area contributed by atoms with Crippen molar-refractivity contribution < 1.29 is 18.7 Å². The van der Waals surface area contributed by atoms with Gasteiger partial charge in [-0.05, 0) is 18.1 Å². The van der Waals surface area contributed by atoms with Gasteiger partial charge in [0.05, 0.1) is 7.11 Å². The Labute approximate surface area is 168 Å². The molecule has 6 heteroatoms. The van der Waals surface area contributed by atoms with Crippen LogP contribution in [0.1, 0.15) is 45.1 Å². The van der Waals surface area contributed by atoms with Crippen molar-refractivity contribution in [3.8, 4) is 6.07 Å². The number of esters is 1. The molecule has 0 bridgehead atoms. The van der Waals surface area contributed by atoms with Crippen molar-refractivity contribution in [2.75, 3.05) is 12.4 Å². The standard InChI is InChI=1S/C23H20N2O4/c1-15-21(23(27)28-2)19(14-24)22(29-15)25-20(26)13-18(16-9-5-3-6-10-16)17-11-7-4-8-12-17/h3-12,18H,13H2,1-2H3,(H,25,26). The van der Waals surface area contributed by atoms with Crippen molar-refractivity contribution in [1.29, 1.82) is 5.26 Å². The number of hydrogen-bond acceptors (Lipinski definition) is 5. The third kappa shape index (κ3) is 4.36. The van der Waals surface area contributed by atoms with Crippen LogP contribution in [-0.2, 0) is 9.53 Å². The Balaban J connectivity index is 1.87. The van der Waals surface area contributed by atoms with Crippen molar-refractivity contribution in [3.05, 3.63) is 88.7 Å². The van der Waals surface area contributed by atoms with Crippen LogP contribution in [0.5, 0.6) is 0 Å². The van der Waals surface area contributed by atoms with Gasteiger partial charge in [-0.25, -0.2) is 4.79 Å². The normalized spacial score (nSPS) is 10.4. The van der Waals surface area contributed by atoms with Gasteiger partial charge in [-0.15, -0.1) is 0 Å². The summed E-state index contributed by atoms with van der Waals surface area (Å²) in [5.74, 6) is -1.01. The number of methoxy groups -OCH3 is 1. The van der Waals surface area contributed by atoms with E-state index in [1.807, 2.05) is 66.7 Å². The molecule has 1 heterocycles. The Bertz CT molecular complexity index is 1010. The molecule has 2 aromatic carbocycles. The molecule has 146 valence electrons. The number of carbonyl (C=O) groups is 2. The monoisotopic (exact) mass is 388 g/mol. The van der Waals surface area contributed by atoms with Crippen LogP contribution in [-0.4, -0.2) is 19.0 Å². The lowest BCUT2D eigenvalue weighted by molar-refractivity contribution is -0.116. The predicted molar refractivity (Wildman–Crippen MR) is 107 cm³/mol. The van der Waals surface area contributed by atoms with E-state index in [4.69, 9.17) is 9.15 Å². The van der Waals surface area contributed by atoms with Crippen LogP contribution < -0.4 is 5.32 Å². The molecule has 0 aliphatic carbocycles. The lowest BCUT2D eigenvalue weighted by Gasteiger charge is -2.17. The fourth-order valence-electron chi connectivity index (χ4n) is 3.25. The van der Waals surface area contributed by atoms with E-state index in [1.165, 1.54) is 7.11 Å². The zero-order chi connectivity index (χ0) is 20.8. The Morgan fingerprint density at radius 2 is 1.62 bits per heavy atom. The number of amides is 1. The molecule has 1 amide bonds. The maximum absolute atomic E-state index is 12.8. The summed E-state index contributed by atoms with van der Waals surface area (Å²) in [6, 6.07) is 21.3. The maximum Gasteiger partial charge on any atom is 0.342 e. The van der Waals surface area contributed by atoms with Crippen LogP contribution in [0.25, 0.3) is 0 Å². The van der Waals surface area contributed by atoms with Gasteiger partial charge in [0, 0.05) is 12.3 Å². The molecule has 0 aliphatic heterocycles. The van der Waals surface area contributed by atoms with Crippen molar-refractivity contribution in [3.63, 3.8) is 0 Å². The first kappa shape index (κ1) is 19.9. The summed E-state index contributed by atoms with van der Waals surface area (Å²) in [5, 5.41) is 12.1. The second-order valence-electron chi connectivity index (χ2n) is 6.47. The lowest BCUT2D eigenvalue weighted by atomic mass is 9.88. The van der Waals surface area contributed by atoms with E-state index in [1.54, 1.807) is 6.92 Å².